The van der Waals surface area contributed by atoms with Crippen LogP contribution in [0.25, 0.3) is 11.1 Å². The molecule has 0 amide bonds. The molecule has 0 spiro atoms. The Morgan fingerprint density at radius 1 is 1.22 bits per heavy atom. The summed E-state index contributed by atoms with van der Waals surface area (Å²) in [5.74, 6) is 0.790. The molecule has 3 rings (SSSR count). The van der Waals surface area contributed by atoms with Crippen LogP contribution in [0.2, 0.25) is 0 Å². The molecule has 0 unspecified atom stereocenters. The second kappa shape index (κ2) is 3.69. The number of rotatable bonds is 1. The van der Waals surface area contributed by atoms with Gasteiger partial charge in [0, 0.05) is 6.07 Å². The minimum atomic E-state index is -0.672. The SMILES string of the molecule is CC1CC(c2cc(=O)oc3[nH]c(=O)[nH]c(=O)c23)C1. The van der Waals surface area contributed by atoms with E-state index in [1.807, 2.05) is 0 Å². The summed E-state index contributed by atoms with van der Waals surface area (Å²) in [7, 11) is 0. The van der Waals surface area contributed by atoms with E-state index in [1.54, 1.807) is 0 Å². The van der Waals surface area contributed by atoms with Crippen molar-refractivity contribution in [1.82, 2.24) is 9.97 Å². The summed E-state index contributed by atoms with van der Waals surface area (Å²) in [5.41, 5.74) is -1.08. The van der Waals surface area contributed by atoms with E-state index in [2.05, 4.69) is 16.9 Å². The summed E-state index contributed by atoms with van der Waals surface area (Å²) < 4.78 is 4.88. The highest BCUT2D eigenvalue weighted by molar-refractivity contribution is 5.76. The molecule has 0 saturated heterocycles. The van der Waals surface area contributed by atoms with E-state index in [9.17, 15) is 14.4 Å². The lowest BCUT2D eigenvalue weighted by atomic mass is 9.72. The Balaban J connectivity index is 2.34. The molecule has 6 heteroatoms. The van der Waals surface area contributed by atoms with Crippen molar-refractivity contribution in [3.8, 4) is 0 Å². The van der Waals surface area contributed by atoms with Crippen LogP contribution in [0.15, 0.2) is 24.9 Å². The molecule has 2 heterocycles. The first-order valence-corrected chi connectivity index (χ1v) is 5.85. The predicted molar refractivity (Wildman–Crippen MR) is 64.9 cm³/mol. The topological polar surface area (TPSA) is 95.9 Å². The van der Waals surface area contributed by atoms with Crippen LogP contribution in [-0.2, 0) is 0 Å². The molecule has 94 valence electrons. The van der Waals surface area contributed by atoms with Gasteiger partial charge >= 0.3 is 11.3 Å². The van der Waals surface area contributed by atoms with Crippen LogP contribution < -0.4 is 16.9 Å². The summed E-state index contributed by atoms with van der Waals surface area (Å²) >= 11 is 0. The Kier molecular flexibility index (Phi) is 2.26. The largest absolute Gasteiger partial charge is 0.405 e. The van der Waals surface area contributed by atoms with Gasteiger partial charge in [-0.3, -0.25) is 14.8 Å². The first-order valence-electron chi connectivity index (χ1n) is 5.85. The third-order valence-corrected chi connectivity index (χ3v) is 3.49. The van der Waals surface area contributed by atoms with Gasteiger partial charge in [0.2, 0.25) is 5.71 Å². The smallest absolute Gasteiger partial charge is 0.337 e. The average molecular weight is 248 g/mol. The molecule has 0 bridgehead atoms. The third kappa shape index (κ3) is 1.61. The van der Waals surface area contributed by atoms with Gasteiger partial charge in [-0.25, -0.2) is 9.59 Å². The van der Waals surface area contributed by atoms with E-state index in [0.29, 0.717) is 11.5 Å². The molecule has 0 atom stereocenters. The Labute approximate surface area is 101 Å². The van der Waals surface area contributed by atoms with Crippen molar-refractivity contribution in [1.29, 1.82) is 0 Å². The number of hydrogen-bond donors (Lipinski definition) is 2. The molecule has 1 aliphatic carbocycles. The number of fused-ring (bicyclic) bond motifs is 1. The standard InChI is InChI=1S/C12H12N2O4/c1-5-2-6(3-5)7-4-8(15)18-11-9(7)10(16)13-12(17)14-11/h4-6H,2-3H2,1H3,(H2,13,14,16,17). The molecule has 1 saturated carbocycles. The van der Waals surface area contributed by atoms with Crippen molar-refractivity contribution in [3.63, 3.8) is 0 Å². The molecular formula is C12H12N2O4. The molecule has 1 aliphatic rings. The van der Waals surface area contributed by atoms with Crippen LogP contribution in [0.1, 0.15) is 31.2 Å². The lowest BCUT2D eigenvalue weighted by Gasteiger charge is -2.33. The number of nitrogens with one attached hydrogen (secondary N) is 2. The summed E-state index contributed by atoms with van der Waals surface area (Å²) in [5, 5.41) is 0.283. The van der Waals surface area contributed by atoms with Gasteiger partial charge in [0.1, 0.15) is 5.39 Å². The molecule has 2 aromatic rings. The molecule has 0 aliphatic heterocycles. The Bertz CT molecular complexity index is 772. The van der Waals surface area contributed by atoms with E-state index in [1.165, 1.54) is 6.07 Å². The van der Waals surface area contributed by atoms with Crippen LogP contribution in [0, 0.1) is 5.92 Å². The van der Waals surface area contributed by atoms with Gasteiger partial charge in [-0.2, -0.15) is 0 Å². The summed E-state index contributed by atoms with van der Waals surface area (Å²) in [6.07, 6.45) is 1.88. The minimum absolute atomic E-state index is 0.0363. The zero-order chi connectivity index (χ0) is 12.9. The molecule has 2 aromatic heterocycles. The lowest BCUT2D eigenvalue weighted by molar-refractivity contribution is 0.289. The molecule has 6 nitrogen and oxygen atoms in total. The average Bonchev–Trinajstić information content (AvgIpc) is 2.22. The maximum Gasteiger partial charge on any atom is 0.337 e. The summed E-state index contributed by atoms with van der Waals surface area (Å²) in [6, 6.07) is 1.35. The highest BCUT2D eigenvalue weighted by Crippen LogP contribution is 2.42. The van der Waals surface area contributed by atoms with E-state index in [0.717, 1.165) is 12.8 Å². The first kappa shape index (κ1) is 11.0. The Morgan fingerprint density at radius 2 is 1.94 bits per heavy atom. The summed E-state index contributed by atoms with van der Waals surface area (Å²) in [4.78, 5) is 38.9. The van der Waals surface area contributed by atoms with Gasteiger partial charge in [0.25, 0.3) is 5.56 Å². The van der Waals surface area contributed by atoms with E-state index < -0.39 is 16.9 Å². The molecular weight excluding hydrogens is 236 g/mol. The number of hydrogen-bond acceptors (Lipinski definition) is 4. The molecule has 0 aromatic carbocycles. The first-order chi connectivity index (χ1) is 8.54. The predicted octanol–water partition coefficient (Wildman–Crippen LogP) is 0.683. The Morgan fingerprint density at radius 3 is 2.61 bits per heavy atom. The van der Waals surface area contributed by atoms with Crippen molar-refractivity contribution in [2.45, 2.75) is 25.7 Å². The van der Waals surface area contributed by atoms with Crippen LogP contribution >= 0.6 is 0 Å². The fraction of sp³-hybridized carbons (Fsp3) is 0.417. The van der Waals surface area contributed by atoms with Gasteiger partial charge in [0.05, 0.1) is 0 Å². The normalized spacial score (nSPS) is 22.9. The summed E-state index contributed by atoms with van der Waals surface area (Å²) in [6.45, 7) is 2.12. The fourth-order valence-electron chi connectivity index (χ4n) is 2.61. The second-order valence-electron chi connectivity index (χ2n) is 4.91. The van der Waals surface area contributed by atoms with Gasteiger partial charge in [-0.05, 0) is 30.2 Å². The quantitative estimate of drug-likeness (QED) is 0.775. The van der Waals surface area contributed by atoms with Crippen molar-refractivity contribution < 1.29 is 4.42 Å². The molecule has 18 heavy (non-hydrogen) atoms. The zero-order valence-corrected chi connectivity index (χ0v) is 9.78. The van der Waals surface area contributed by atoms with Gasteiger partial charge in [-0.1, -0.05) is 6.92 Å². The van der Waals surface area contributed by atoms with Crippen molar-refractivity contribution in [3.05, 3.63) is 42.9 Å². The van der Waals surface area contributed by atoms with Crippen molar-refractivity contribution in [2.24, 2.45) is 5.92 Å². The maximum atomic E-state index is 11.8. The minimum Gasteiger partial charge on any atom is -0.405 e. The molecule has 2 N–H and O–H groups in total. The lowest BCUT2D eigenvalue weighted by Crippen LogP contribution is -2.27. The third-order valence-electron chi connectivity index (χ3n) is 3.49. The van der Waals surface area contributed by atoms with Gasteiger partial charge in [-0.15, -0.1) is 0 Å². The van der Waals surface area contributed by atoms with Crippen LogP contribution in [-0.4, -0.2) is 9.97 Å². The van der Waals surface area contributed by atoms with Crippen LogP contribution in [0.3, 0.4) is 0 Å². The highest BCUT2D eigenvalue weighted by atomic mass is 16.4. The molecule has 1 fully saturated rings. The second-order valence-corrected chi connectivity index (χ2v) is 4.91. The van der Waals surface area contributed by atoms with Crippen LogP contribution in [0.4, 0.5) is 0 Å². The molecule has 0 radical (unpaired) electrons. The van der Waals surface area contributed by atoms with Crippen LogP contribution in [0.5, 0.6) is 0 Å². The maximum absolute atomic E-state index is 11.8. The van der Waals surface area contributed by atoms with E-state index in [4.69, 9.17) is 4.42 Å². The zero-order valence-electron chi connectivity index (χ0n) is 9.78. The Hall–Kier alpha value is -2.11. The monoisotopic (exact) mass is 248 g/mol. The number of H-pyrrole nitrogens is 2. The van der Waals surface area contributed by atoms with E-state index in [-0.39, 0.29) is 17.0 Å². The van der Waals surface area contributed by atoms with Crippen molar-refractivity contribution in [2.75, 3.05) is 0 Å². The highest BCUT2D eigenvalue weighted by Gasteiger charge is 2.29. The van der Waals surface area contributed by atoms with Crippen molar-refractivity contribution >= 4 is 11.1 Å². The fourth-order valence-corrected chi connectivity index (χ4v) is 2.61. The number of aromatic amines is 2. The van der Waals surface area contributed by atoms with E-state index >= 15 is 0 Å². The number of aromatic nitrogens is 2. The van der Waals surface area contributed by atoms with Gasteiger partial charge < -0.3 is 4.42 Å². The van der Waals surface area contributed by atoms with Gasteiger partial charge in [0.15, 0.2) is 0 Å².